The number of tetrazole rings is 1. The van der Waals surface area contributed by atoms with Gasteiger partial charge in [0.05, 0.1) is 18.6 Å². The lowest BCUT2D eigenvalue weighted by Crippen LogP contribution is -2.27. The van der Waals surface area contributed by atoms with Crippen LogP contribution in [0.3, 0.4) is 0 Å². The summed E-state index contributed by atoms with van der Waals surface area (Å²) in [6.07, 6.45) is 8.15. The van der Waals surface area contributed by atoms with E-state index in [4.69, 9.17) is 0 Å². The van der Waals surface area contributed by atoms with Gasteiger partial charge < -0.3 is 0 Å². The molecule has 1 atom stereocenters. The summed E-state index contributed by atoms with van der Waals surface area (Å²) in [5.74, 6) is 0.973. The Morgan fingerprint density at radius 3 is 2.90 bits per heavy atom. The third-order valence-corrected chi connectivity index (χ3v) is 5.11. The molecular formula is C14H22N6S. The second-order valence-electron chi connectivity index (χ2n) is 5.79. The van der Waals surface area contributed by atoms with Crippen LogP contribution >= 0.6 is 11.3 Å². The smallest absolute Gasteiger partial charge is 0.168 e. The first-order chi connectivity index (χ1) is 10.3. The number of hydrogen-bond acceptors (Lipinski definition) is 6. The number of hydrogen-bond donors (Lipinski definition) is 0. The number of aromatic nitrogens is 5. The first-order valence-corrected chi connectivity index (χ1v) is 8.50. The van der Waals surface area contributed by atoms with E-state index in [1.807, 2.05) is 11.6 Å². The third kappa shape index (κ3) is 3.29. The molecule has 0 N–H and O–H groups in total. The van der Waals surface area contributed by atoms with Crippen molar-refractivity contribution in [1.82, 2.24) is 30.1 Å². The molecule has 1 aliphatic carbocycles. The Kier molecular flexibility index (Phi) is 4.60. The molecule has 6 nitrogen and oxygen atoms in total. The standard InChI is InChI=1S/C14H22N6S/c1-11(19(2)10-13-15-8-9-21-13)14-16-17-18-20(14)12-6-4-3-5-7-12/h8-9,11-12H,3-7,10H2,1-2H3/t11-/m0/s1. The van der Waals surface area contributed by atoms with Crippen molar-refractivity contribution in [3.05, 3.63) is 22.4 Å². The van der Waals surface area contributed by atoms with Gasteiger partial charge in [-0.1, -0.05) is 19.3 Å². The van der Waals surface area contributed by atoms with E-state index < -0.39 is 0 Å². The molecule has 1 aliphatic rings. The van der Waals surface area contributed by atoms with Gasteiger partial charge in [0, 0.05) is 11.6 Å². The van der Waals surface area contributed by atoms with E-state index in [1.165, 1.54) is 32.1 Å². The quantitative estimate of drug-likeness (QED) is 0.850. The number of thiazole rings is 1. The average molecular weight is 306 g/mol. The van der Waals surface area contributed by atoms with Crippen molar-refractivity contribution in [1.29, 1.82) is 0 Å². The van der Waals surface area contributed by atoms with Crippen LogP contribution in [0.4, 0.5) is 0 Å². The molecule has 1 fully saturated rings. The second kappa shape index (κ2) is 6.62. The SMILES string of the molecule is C[C@@H](c1nnnn1C1CCCCC1)N(C)Cc1nccs1. The van der Waals surface area contributed by atoms with Gasteiger partial charge in [0.25, 0.3) is 0 Å². The molecular weight excluding hydrogens is 284 g/mol. The summed E-state index contributed by atoms with van der Waals surface area (Å²) >= 11 is 1.69. The Morgan fingerprint density at radius 1 is 1.38 bits per heavy atom. The maximum atomic E-state index is 4.35. The first kappa shape index (κ1) is 14.6. The molecule has 21 heavy (non-hydrogen) atoms. The van der Waals surface area contributed by atoms with Gasteiger partial charge >= 0.3 is 0 Å². The van der Waals surface area contributed by atoms with Gasteiger partial charge in [-0.3, -0.25) is 4.90 Å². The highest BCUT2D eigenvalue weighted by molar-refractivity contribution is 7.09. The summed E-state index contributed by atoms with van der Waals surface area (Å²) in [6, 6.07) is 0.658. The summed E-state index contributed by atoms with van der Waals surface area (Å²) in [4.78, 5) is 6.60. The van der Waals surface area contributed by atoms with E-state index in [0.717, 1.165) is 17.4 Å². The Balaban J connectivity index is 1.72. The van der Waals surface area contributed by atoms with Crippen molar-refractivity contribution in [3.8, 4) is 0 Å². The summed E-state index contributed by atoms with van der Waals surface area (Å²) in [5.41, 5.74) is 0. The Bertz CT molecular complexity index is 546. The molecule has 7 heteroatoms. The van der Waals surface area contributed by atoms with E-state index >= 15 is 0 Å². The highest BCUT2D eigenvalue weighted by Crippen LogP contribution is 2.30. The molecule has 2 aromatic heterocycles. The van der Waals surface area contributed by atoms with E-state index in [2.05, 4.69) is 44.1 Å². The highest BCUT2D eigenvalue weighted by atomic mass is 32.1. The summed E-state index contributed by atoms with van der Waals surface area (Å²) in [5, 5.41) is 15.6. The Hall–Kier alpha value is -1.34. The largest absolute Gasteiger partial charge is 0.290 e. The van der Waals surface area contributed by atoms with Crippen LogP contribution < -0.4 is 0 Å². The van der Waals surface area contributed by atoms with E-state index in [-0.39, 0.29) is 6.04 Å². The van der Waals surface area contributed by atoms with Crippen LogP contribution in [0.2, 0.25) is 0 Å². The normalized spacial score (nSPS) is 18.2. The van der Waals surface area contributed by atoms with Crippen LogP contribution in [-0.2, 0) is 6.54 Å². The molecule has 114 valence electrons. The van der Waals surface area contributed by atoms with Crippen molar-refractivity contribution in [2.75, 3.05) is 7.05 Å². The molecule has 2 aromatic rings. The molecule has 3 rings (SSSR count). The third-order valence-electron chi connectivity index (χ3n) is 4.34. The van der Waals surface area contributed by atoms with Crippen molar-refractivity contribution in [3.63, 3.8) is 0 Å². The van der Waals surface area contributed by atoms with Crippen LogP contribution in [0, 0.1) is 0 Å². The maximum Gasteiger partial charge on any atom is 0.168 e. The van der Waals surface area contributed by atoms with Gasteiger partial charge in [0.1, 0.15) is 5.01 Å². The van der Waals surface area contributed by atoms with E-state index in [1.54, 1.807) is 11.3 Å². The lowest BCUT2D eigenvalue weighted by Gasteiger charge is -2.27. The van der Waals surface area contributed by atoms with Crippen LogP contribution in [0.15, 0.2) is 11.6 Å². The minimum atomic E-state index is 0.186. The topological polar surface area (TPSA) is 59.7 Å². The predicted molar refractivity (Wildman–Crippen MR) is 81.9 cm³/mol. The fourth-order valence-electron chi connectivity index (χ4n) is 2.94. The van der Waals surface area contributed by atoms with Crippen LogP contribution in [0.25, 0.3) is 0 Å². The van der Waals surface area contributed by atoms with Gasteiger partial charge in [0.2, 0.25) is 0 Å². The first-order valence-electron chi connectivity index (χ1n) is 7.62. The number of nitrogens with zero attached hydrogens (tertiary/aromatic N) is 6. The molecule has 0 saturated heterocycles. The zero-order valence-corrected chi connectivity index (χ0v) is 13.5. The fraction of sp³-hybridized carbons (Fsp3) is 0.714. The van der Waals surface area contributed by atoms with Crippen LogP contribution in [0.5, 0.6) is 0 Å². The zero-order chi connectivity index (χ0) is 14.7. The molecule has 0 radical (unpaired) electrons. The summed E-state index contributed by atoms with van der Waals surface area (Å²) in [7, 11) is 2.10. The minimum Gasteiger partial charge on any atom is -0.290 e. The molecule has 2 heterocycles. The van der Waals surface area contributed by atoms with Crippen molar-refractivity contribution >= 4 is 11.3 Å². The molecule has 0 spiro atoms. The van der Waals surface area contributed by atoms with E-state index in [9.17, 15) is 0 Å². The Labute approximate surface area is 129 Å². The van der Waals surface area contributed by atoms with Crippen molar-refractivity contribution in [2.24, 2.45) is 0 Å². The molecule has 1 saturated carbocycles. The monoisotopic (exact) mass is 306 g/mol. The second-order valence-corrected chi connectivity index (χ2v) is 6.77. The average Bonchev–Trinajstić information content (AvgIpc) is 3.18. The molecule has 0 unspecified atom stereocenters. The predicted octanol–water partition coefficient (Wildman–Crippen LogP) is 2.83. The van der Waals surface area contributed by atoms with Gasteiger partial charge in [0.15, 0.2) is 5.82 Å². The van der Waals surface area contributed by atoms with E-state index in [0.29, 0.717) is 6.04 Å². The van der Waals surface area contributed by atoms with Crippen molar-refractivity contribution < 1.29 is 0 Å². The van der Waals surface area contributed by atoms with Crippen LogP contribution in [0.1, 0.15) is 61.9 Å². The van der Waals surface area contributed by atoms with Crippen molar-refractivity contribution in [2.45, 2.75) is 57.7 Å². The van der Waals surface area contributed by atoms with Crippen LogP contribution in [-0.4, -0.2) is 37.1 Å². The Morgan fingerprint density at radius 2 is 2.19 bits per heavy atom. The molecule has 0 aliphatic heterocycles. The molecule has 0 amide bonds. The lowest BCUT2D eigenvalue weighted by molar-refractivity contribution is 0.222. The highest BCUT2D eigenvalue weighted by Gasteiger charge is 2.25. The summed E-state index contributed by atoms with van der Waals surface area (Å²) < 4.78 is 2.06. The van der Waals surface area contributed by atoms with Gasteiger partial charge in [-0.2, -0.15) is 0 Å². The lowest BCUT2D eigenvalue weighted by atomic mass is 9.95. The zero-order valence-electron chi connectivity index (χ0n) is 12.6. The molecule has 0 bridgehead atoms. The van der Waals surface area contributed by atoms with Gasteiger partial charge in [-0.15, -0.1) is 16.4 Å². The maximum absolute atomic E-state index is 4.35. The molecule has 0 aromatic carbocycles. The summed E-state index contributed by atoms with van der Waals surface area (Å²) in [6.45, 7) is 3.00. The minimum absolute atomic E-state index is 0.186. The van der Waals surface area contributed by atoms with Gasteiger partial charge in [-0.05, 0) is 37.2 Å². The number of rotatable bonds is 5. The van der Waals surface area contributed by atoms with Gasteiger partial charge in [-0.25, -0.2) is 9.67 Å². The fourth-order valence-corrected chi connectivity index (χ4v) is 3.62.